The van der Waals surface area contributed by atoms with Crippen LogP contribution in [-0.4, -0.2) is 28.2 Å². The number of hydrazone groups is 1. The summed E-state index contributed by atoms with van der Waals surface area (Å²) in [5.41, 5.74) is 3.83. The molecular weight excluding hydrogens is 390 g/mol. The van der Waals surface area contributed by atoms with Crippen LogP contribution in [0.4, 0.5) is 11.6 Å². The van der Waals surface area contributed by atoms with Gasteiger partial charge in [0, 0.05) is 24.2 Å². The summed E-state index contributed by atoms with van der Waals surface area (Å²) in [6.07, 6.45) is 1.44. The molecule has 0 aliphatic carbocycles. The molecule has 0 N–H and O–H groups in total. The van der Waals surface area contributed by atoms with Crippen molar-refractivity contribution in [2.75, 3.05) is 12.1 Å². The summed E-state index contributed by atoms with van der Waals surface area (Å²) in [6, 6.07) is 28.0. The summed E-state index contributed by atoms with van der Waals surface area (Å²) in [6.45, 7) is 0. The van der Waals surface area contributed by atoms with Gasteiger partial charge in [-0.15, -0.1) is 0 Å². The molecule has 0 bridgehead atoms. The van der Waals surface area contributed by atoms with E-state index in [1.165, 1.54) is 17.3 Å². The number of rotatable bonds is 6. The maximum Gasteiger partial charge on any atom is 0.278 e. The van der Waals surface area contributed by atoms with Gasteiger partial charge in [-0.2, -0.15) is 5.10 Å². The van der Waals surface area contributed by atoms with Gasteiger partial charge in [0.2, 0.25) is 5.95 Å². The number of para-hydroxylation sites is 1. The van der Waals surface area contributed by atoms with Crippen LogP contribution in [-0.2, 0) is 0 Å². The van der Waals surface area contributed by atoms with Crippen LogP contribution < -0.4 is 5.01 Å². The predicted molar refractivity (Wildman–Crippen MR) is 122 cm³/mol. The highest BCUT2D eigenvalue weighted by atomic mass is 16.6. The van der Waals surface area contributed by atoms with Crippen LogP contribution in [0.1, 0.15) is 5.56 Å². The van der Waals surface area contributed by atoms with Crippen molar-refractivity contribution in [2.24, 2.45) is 5.10 Å². The van der Waals surface area contributed by atoms with Crippen molar-refractivity contribution in [1.82, 2.24) is 9.97 Å². The zero-order valence-electron chi connectivity index (χ0n) is 16.8. The van der Waals surface area contributed by atoms with E-state index in [2.05, 4.69) is 15.1 Å². The molecule has 0 fully saturated rings. The normalized spacial score (nSPS) is 10.9. The summed E-state index contributed by atoms with van der Waals surface area (Å²) >= 11 is 0. The fraction of sp³-hybridized carbons (Fsp3) is 0.0417. The Bertz CT molecular complexity index is 1170. The number of nitrogens with zero attached hydrogens (tertiary/aromatic N) is 5. The summed E-state index contributed by atoms with van der Waals surface area (Å²) < 4.78 is 0. The van der Waals surface area contributed by atoms with Gasteiger partial charge in [-0.3, -0.25) is 10.1 Å². The topological polar surface area (TPSA) is 84.5 Å². The van der Waals surface area contributed by atoms with Gasteiger partial charge in [-0.1, -0.05) is 72.8 Å². The summed E-state index contributed by atoms with van der Waals surface area (Å²) in [4.78, 5) is 20.1. The van der Waals surface area contributed by atoms with E-state index in [9.17, 15) is 10.1 Å². The van der Waals surface area contributed by atoms with Crippen molar-refractivity contribution in [3.05, 3.63) is 107 Å². The Morgan fingerprint density at radius 3 is 1.90 bits per heavy atom. The van der Waals surface area contributed by atoms with Crippen molar-refractivity contribution in [1.29, 1.82) is 0 Å². The minimum absolute atomic E-state index is 0.0106. The average molecular weight is 409 g/mol. The first-order valence-corrected chi connectivity index (χ1v) is 9.63. The summed E-state index contributed by atoms with van der Waals surface area (Å²) in [7, 11) is 1.71. The van der Waals surface area contributed by atoms with Crippen LogP contribution in [0, 0.1) is 10.1 Å². The number of hydrogen-bond donors (Lipinski definition) is 0. The minimum atomic E-state index is -0.429. The number of benzene rings is 3. The van der Waals surface area contributed by atoms with Gasteiger partial charge >= 0.3 is 0 Å². The third kappa shape index (κ3) is 4.62. The summed E-state index contributed by atoms with van der Waals surface area (Å²) in [5, 5.41) is 17.1. The molecular formula is C24H19N5O2. The maximum atomic E-state index is 11.2. The lowest BCUT2D eigenvalue weighted by Crippen LogP contribution is -2.14. The Labute approximate surface area is 179 Å². The standard InChI is InChI=1S/C24H19N5O2/c1-28(25-17-20-14-8-9-15-23(20)29(30)31)24-26-21(18-10-4-2-5-11-18)16-22(27-24)19-12-6-3-7-13-19/h2-17H,1H3/b25-17+. The average Bonchev–Trinajstić information content (AvgIpc) is 2.83. The highest BCUT2D eigenvalue weighted by molar-refractivity contribution is 5.85. The fourth-order valence-electron chi connectivity index (χ4n) is 3.06. The molecule has 4 rings (SSSR count). The third-order valence-electron chi connectivity index (χ3n) is 4.65. The van der Waals surface area contributed by atoms with Crippen LogP contribution in [0.2, 0.25) is 0 Å². The molecule has 152 valence electrons. The molecule has 3 aromatic carbocycles. The third-order valence-corrected chi connectivity index (χ3v) is 4.65. The second-order valence-electron chi connectivity index (χ2n) is 6.75. The molecule has 1 aromatic heterocycles. The van der Waals surface area contributed by atoms with Crippen molar-refractivity contribution < 1.29 is 4.92 Å². The smallest absolute Gasteiger partial charge is 0.258 e. The molecule has 0 aliphatic heterocycles. The molecule has 0 radical (unpaired) electrons. The van der Waals surface area contributed by atoms with E-state index in [0.29, 0.717) is 11.5 Å². The zero-order valence-corrected chi connectivity index (χ0v) is 16.8. The van der Waals surface area contributed by atoms with E-state index in [1.54, 1.807) is 25.2 Å². The molecule has 0 amide bonds. The number of anilines is 1. The highest BCUT2D eigenvalue weighted by Crippen LogP contribution is 2.26. The maximum absolute atomic E-state index is 11.2. The van der Waals surface area contributed by atoms with E-state index in [1.807, 2.05) is 66.7 Å². The molecule has 0 aliphatic rings. The molecule has 0 saturated carbocycles. The van der Waals surface area contributed by atoms with E-state index in [0.717, 1.165) is 22.5 Å². The van der Waals surface area contributed by atoms with Crippen molar-refractivity contribution in [3.63, 3.8) is 0 Å². The summed E-state index contributed by atoms with van der Waals surface area (Å²) in [5.74, 6) is 0.384. The van der Waals surface area contributed by atoms with E-state index in [4.69, 9.17) is 0 Å². The largest absolute Gasteiger partial charge is 0.278 e. The quantitative estimate of drug-likeness (QED) is 0.249. The van der Waals surface area contributed by atoms with Crippen LogP contribution in [0.25, 0.3) is 22.5 Å². The molecule has 7 nitrogen and oxygen atoms in total. The Morgan fingerprint density at radius 1 is 0.839 bits per heavy atom. The van der Waals surface area contributed by atoms with E-state index >= 15 is 0 Å². The zero-order chi connectivity index (χ0) is 21.6. The fourth-order valence-corrected chi connectivity index (χ4v) is 3.06. The van der Waals surface area contributed by atoms with Crippen LogP contribution >= 0.6 is 0 Å². The number of hydrogen-bond acceptors (Lipinski definition) is 6. The van der Waals surface area contributed by atoms with Gasteiger partial charge in [0.25, 0.3) is 5.69 Å². The second-order valence-corrected chi connectivity index (χ2v) is 6.75. The minimum Gasteiger partial charge on any atom is -0.258 e. The molecule has 0 unspecified atom stereocenters. The molecule has 0 spiro atoms. The first-order valence-electron chi connectivity index (χ1n) is 9.63. The molecule has 7 heteroatoms. The van der Waals surface area contributed by atoms with Crippen molar-refractivity contribution in [3.8, 4) is 22.5 Å². The molecule has 0 saturated heterocycles. The van der Waals surface area contributed by atoms with Crippen LogP contribution in [0.3, 0.4) is 0 Å². The molecule has 31 heavy (non-hydrogen) atoms. The number of nitro benzene ring substituents is 1. The predicted octanol–water partition coefficient (Wildman–Crippen LogP) is 5.19. The Balaban J connectivity index is 1.74. The lowest BCUT2D eigenvalue weighted by molar-refractivity contribution is -0.385. The SMILES string of the molecule is CN(/N=C/c1ccccc1[N+](=O)[O-])c1nc(-c2ccccc2)cc(-c2ccccc2)n1. The van der Waals surface area contributed by atoms with Gasteiger partial charge in [0.1, 0.15) is 0 Å². The monoisotopic (exact) mass is 409 g/mol. The number of nitro groups is 1. The van der Waals surface area contributed by atoms with Crippen LogP contribution in [0.5, 0.6) is 0 Å². The molecule has 1 heterocycles. The van der Waals surface area contributed by atoms with Gasteiger partial charge < -0.3 is 0 Å². The van der Waals surface area contributed by atoms with Gasteiger partial charge in [-0.05, 0) is 12.1 Å². The first kappa shape index (κ1) is 19.9. The Hall–Kier alpha value is -4.39. The number of aromatic nitrogens is 2. The van der Waals surface area contributed by atoms with Crippen molar-refractivity contribution in [2.45, 2.75) is 0 Å². The lowest BCUT2D eigenvalue weighted by Gasteiger charge is -2.14. The van der Waals surface area contributed by atoms with E-state index < -0.39 is 4.92 Å². The lowest BCUT2D eigenvalue weighted by atomic mass is 10.1. The first-order chi connectivity index (χ1) is 15.1. The van der Waals surface area contributed by atoms with Crippen LogP contribution in [0.15, 0.2) is 96.1 Å². The van der Waals surface area contributed by atoms with Gasteiger partial charge in [0.15, 0.2) is 0 Å². The van der Waals surface area contributed by atoms with E-state index in [-0.39, 0.29) is 5.69 Å². The van der Waals surface area contributed by atoms with Gasteiger partial charge in [-0.25, -0.2) is 15.0 Å². The molecule has 4 aromatic rings. The Morgan fingerprint density at radius 2 is 1.35 bits per heavy atom. The second kappa shape index (κ2) is 8.96. The van der Waals surface area contributed by atoms with Crippen molar-refractivity contribution >= 4 is 17.9 Å². The Kier molecular flexibility index (Phi) is 5.75. The molecule has 0 atom stereocenters. The van der Waals surface area contributed by atoms with Gasteiger partial charge in [0.05, 0.1) is 28.1 Å². The highest BCUT2D eigenvalue weighted by Gasteiger charge is 2.13.